The number of unbranched alkanes of at least 4 members (excludes halogenated alkanes) is 1. The van der Waals surface area contributed by atoms with E-state index in [9.17, 15) is 14.4 Å². The Kier molecular flexibility index (Phi) is 11.1. The molecule has 0 spiro atoms. The number of hydrogen-bond donors (Lipinski definition) is 1. The van der Waals surface area contributed by atoms with Gasteiger partial charge in [0, 0.05) is 25.8 Å². The fraction of sp³-hybridized carbons (Fsp3) is 0.655. The molecule has 1 N–H and O–H groups in total. The van der Waals surface area contributed by atoms with Gasteiger partial charge in [0.1, 0.15) is 22.8 Å². The zero-order valence-corrected chi connectivity index (χ0v) is 23.4. The summed E-state index contributed by atoms with van der Waals surface area (Å²) in [4.78, 5) is 42.0. The third kappa shape index (κ3) is 7.90. The second-order valence-corrected chi connectivity index (χ2v) is 11.0. The molecular weight excluding hydrogens is 452 g/mol. The number of fused-ring (bicyclic) bond motifs is 1. The Morgan fingerprint density at radius 1 is 1.14 bits per heavy atom. The summed E-state index contributed by atoms with van der Waals surface area (Å²) in [7, 11) is 0. The SMILES string of the molecule is CC(C)=O.CCCCN(CCC)C(=O)c1cn2c(C(=O)NCC3CCCC(C)(C)C3C)cccc2n1. The van der Waals surface area contributed by atoms with E-state index in [0.29, 0.717) is 40.8 Å². The van der Waals surface area contributed by atoms with Gasteiger partial charge in [0.05, 0.1) is 0 Å². The number of amides is 2. The van der Waals surface area contributed by atoms with E-state index in [1.165, 1.54) is 26.7 Å². The van der Waals surface area contributed by atoms with Crippen molar-refractivity contribution in [2.24, 2.45) is 17.3 Å². The van der Waals surface area contributed by atoms with Crippen LogP contribution in [-0.4, -0.2) is 51.5 Å². The van der Waals surface area contributed by atoms with Gasteiger partial charge < -0.3 is 15.0 Å². The number of nitrogens with one attached hydrogen (secondary N) is 1. The first kappa shape index (κ1) is 29.5. The van der Waals surface area contributed by atoms with Crippen molar-refractivity contribution in [3.05, 3.63) is 35.8 Å². The van der Waals surface area contributed by atoms with Gasteiger partial charge >= 0.3 is 0 Å². The molecule has 1 fully saturated rings. The lowest BCUT2D eigenvalue weighted by Crippen LogP contribution is -2.40. The summed E-state index contributed by atoms with van der Waals surface area (Å²) in [5, 5.41) is 3.16. The predicted octanol–water partition coefficient (Wildman–Crippen LogP) is 5.77. The molecule has 200 valence electrons. The highest BCUT2D eigenvalue weighted by Gasteiger charge is 2.35. The molecule has 0 bridgehead atoms. The van der Waals surface area contributed by atoms with Crippen LogP contribution in [0, 0.1) is 17.3 Å². The molecule has 0 radical (unpaired) electrons. The van der Waals surface area contributed by atoms with Crippen molar-refractivity contribution in [3.63, 3.8) is 0 Å². The average Bonchev–Trinajstić information content (AvgIpc) is 3.26. The van der Waals surface area contributed by atoms with Gasteiger partial charge in [-0.25, -0.2) is 4.98 Å². The molecule has 36 heavy (non-hydrogen) atoms. The Hall–Kier alpha value is -2.70. The monoisotopic (exact) mass is 498 g/mol. The number of hydrogen-bond acceptors (Lipinski definition) is 4. The van der Waals surface area contributed by atoms with Gasteiger partial charge in [-0.3, -0.25) is 14.0 Å². The molecule has 0 aliphatic heterocycles. The Labute approximate surface area is 217 Å². The molecule has 0 aromatic carbocycles. The minimum atomic E-state index is -0.112. The first-order chi connectivity index (χ1) is 17.0. The molecule has 7 nitrogen and oxygen atoms in total. The lowest BCUT2D eigenvalue weighted by Gasteiger charge is -2.42. The molecule has 2 heterocycles. The number of nitrogens with zero attached hydrogens (tertiary/aromatic N) is 3. The highest BCUT2D eigenvalue weighted by Crippen LogP contribution is 2.43. The number of pyridine rings is 1. The third-order valence-electron chi connectivity index (χ3n) is 7.37. The van der Waals surface area contributed by atoms with E-state index in [1.807, 2.05) is 17.0 Å². The molecule has 0 saturated heterocycles. The summed E-state index contributed by atoms with van der Waals surface area (Å²) in [5.41, 5.74) is 1.86. The number of ketones is 1. The van der Waals surface area contributed by atoms with Crippen LogP contribution in [0.25, 0.3) is 5.65 Å². The van der Waals surface area contributed by atoms with Crippen LogP contribution in [0.3, 0.4) is 0 Å². The Morgan fingerprint density at radius 3 is 2.47 bits per heavy atom. The third-order valence-corrected chi connectivity index (χ3v) is 7.37. The Balaban J connectivity index is 0.00000106. The van der Waals surface area contributed by atoms with Gasteiger partial charge in [-0.05, 0) is 68.9 Å². The minimum Gasteiger partial charge on any atom is -0.350 e. The smallest absolute Gasteiger partial charge is 0.274 e. The number of rotatable bonds is 9. The molecule has 2 amide bonds. The average molecular weight is 499 g/mol. The molecule has 1 saturated carbocycles. The lowest BCUT2D eigenvalue weighted by molar-refractivity contribution is -0.115. The molecule has 2 aromatic rings. The van der Waals surface area contributed by atoms with Crippen LogP contribution in [0.5, 0.6) is 0 Å². The van der Waals surface area contributed by atoms with Gasteiger partial charge in [-0.2, -0.15) is 0 Å². The van der Waals surface area contributed by atoms with Crippen LogP contribution >= 0.6 is 0 Å². The normalized spacial score (nSPS) is 18.8. The minimum absolute atomic E-state index is 0.0615. The fourth-order valence-electron chi connectivity index (χ4n) is 4.92. The second kappa shape index (κ2) is 13.6. The van der Waals surface area contributed by atoms with E-state index in [-0.39, 0.29) is 17.6 Å². The predicted molar refractivity (Wildman–Crippen MR) is 145 cm³/mol. The van der Waals surface area contributed by atoms with Gasteiger partial charge in [-0.1, -0.05) is 53.5 Å². The van der Waals surface area contributed by atoms with E-state index < -0.39 is 0 Å². The van der Waals surface area contributed by atoms with Crippen molar-refractivity contribution in [3.8, 4) is 0 Å². The first-order valence-electron chi connectivity index (χ1n) is 13.5. The summed E-state index contributed by atoms with van der Waals surface area (Å²) in [6, 6.07) is 5.47. The standard InChI is InChI=1S/C26H40N4O2.C3H6O/c1-6-8-16-29(15-7-2)25(32)21-18-30-22(12-9-13-23(30)28-21)24(31)27-17-20-11-10-14-26(4,5)19(20)3;1-3(2)4/h9,12-13,18-20H,6-8,10-11,14-17H2,1-5H3,(H,27,31);1-2H3. The molecule has 1 aliphatic carbocycles. The lowest BCUT2D eigenvalue weighted by atomic mass is 9.64. The van der Waals surface area contributed by atoms with Crippen LogP contribution in [0.2, 0.25) is 0 Å². The van der Waals surface area contributed by atoms with Gasteiger partial charge in [-0.15, -0.1) is 0 Å². The number of imidazole rings is 1. The maximum Gasteiger partial charge on any atom is 0.274 e. The Bertz CT molecular complexity index is 1020. The highest BCUT2D eigenvalue weighted by atomic mass is 16.2. The van der Waals surface area contributed by atoms with E-state index in [2.05, 4.69) is 44.9 Å². The van der Waals surface area contributed by atoms with Crippen molar-refractivity contribution in [1.29, 1.82) is 0 Å². The van der Waals surface area contributed by atoms with Crippen LogP contribution in [0.1, 0.15) is 108 Å². The van der Waals surface area contributed by atoms with Crippen LogP contribution in [-0.2, 0) is 4.79 Å². The van der Waals surface area contributed by atoms with E-state index in [0.717, 1.165) is 38.8 Å². The van der Waals surface area contributed by atoms with Crippen LogP contribution in [0.15, 0.2) is 24.4 Å². The quantitative estimate of drug-likeness (QED) is 0.475. The first-order valence-corrected chi connectivity index (χ1v) is 13.5. The summed E-state index contributed by atoms with van der Waals surface area (Å²) < 4.78 is 1.75. The van der Waals surface area contributed by atoms with Gasteiger partial charge in [0.25, 0.3) is 11.8 Å². The zero-order valence-electron chi connectivity index (χ0n) is 23.4. The molecule has 1 aliphatic rings. The fourth-order valence-corrected chi connectivity index (χ4v) is 4.92. The van der Waals surface area contributed by atoms with E-state index >= 15 is 0 Å². The molecule has 2 atom stereocenters. The maximum atomic E-state index is 13.1. The summed E-state index contributed by atoms with van der Waals surface area (Å²) in [5.74, 6) is 1.05. The number of carbonyl (C=O) groups excluding carboxylic acids is 3. The summed E-state index contributed by atoms with van der Waals surface area (Å²) in [6.07, 6.45) is 8.26. The highest BCUT2D eigenvalue weighted by molar-refractivity contribution is 5.95. The molecular formula is C29H46N4O3. The van der Waals surface area contributed by atoms with Gasteiger partial charge in [0.15, 0.2) is 0 Å². The molecule has 2 unspecified atom stereocenters. The molecule has 2 aromatic heterocycles. The largest absolute Gasteiger partial charge is 0.350 e. The maximum absolute atomic E-state index is 13.1. The zero-order chi connectivity index (χ0) is 26.9. The van der Waals surface area contributed by atoms with Crippen LogP contribution in [0.4, 0.5) is 0 Å². The van der Waals surface area contributed by atoms with E-state index in [4.69, 9.17) is 0 Å². The van der Waals surface area contributed by atoms with Gasteiger partial charge in [0.2, 0.25) is 0 Å². The number of Topliss-reactive ketones (excluding diaryl/α,β-unsaturated/α-hetero) is 1. The van der Waals surface area contributed by atoms with Crippen molar-refractivity contribution in [2.45, 2.75) is 87.0 Å². The number of aromatic nitrogens is 2. The second-order valence-electron chi connectivity index (χ2n) is 11.0. The topological polar surface area (TPSA) is 83.8 Å². The van der Waals surface area contributed by atoms with Crippen molar-refractivity contribution < 1.29 is 14.4 Å². The van der Waals surface area contributed by atoms with E-state index in [1.54, 1.807) is 16.7 Å². The number of carbonyl (C=O) groups is 3. The van der Waals surface area contributed by atoms with Crippen LogP contribution < -0.4 is 5.32 Å². The summed E-state index contributed by atoms with van der Waals surface area (Å²) >= 11 is 0. The summed E-state index contributed by atoms with van der Waals surface area (Å²) in [6.45, 7) is 16.4. The molecule has 7 heteroatoms. The Morgan fingerprint density at radius 2 is 1.83 bits per heavy atom. The molecule has 3 rings (SSSR count). The van der Waals surface area contributed by atoms with Crippen molar-refractivity contribution in [2.75, 3.05) is 19.6 Å². The van der Waals surface area contributed by atoms with Crippen molar-refractivity contribution in [1.82, 2.24) is 19.6 Å². The van der Waals surface area contributed by atoms with Crippen molar-refractivity contribution >= 4 is 23.2 Å².